The summed E-state index contributed by atoms with van der Waals surface area (Å²) in [6, 6.07) is 4.13. The molecule has 2 nitrogen and oxygen atoms in total. The number of aliphatic hydroxyl groups is 1. The van der Waals surface area contributed by atoms with Crippen LogP contribution in [0.15, 0.2) is 12.1 Å². The van der Waals surface area contributed by atoms with E-state index in [1.54, 1.807) is 7.11 Å². The van der Waals surface area contributed by atoms with E-state index in [9.17, 15) is 5.11 Å². The van der Waals surface area contributed by atoms with Crippen molar-refractivity contribution in [2.75, 3.05) is 7.11 Å². The van der Waals surface area contributed by atoms with Gasteiger partial charge in [0, 0.05) is 5.56 Å². The largest absolute Gasteiger partial charge is 0.496 e. The third-order valence-corrected chi connectivity index (χ3v) is 4.61. The monoisotopic (exact) mass is 248 g/mol. The van der Waals surface area contributed by atoms with Gasteiger partial charge in [0.05, 0.1) is 12.7 Å². The van der Waals surface area contributed by atoms with Crippen LogP contribution >= 0.6 is 0 Å². The molecule has 2 atom stereocenters. The highest BCUT2D eigenvalue weighted by Gasteiger charge is 2.40. The molecule has 2 unspecified atom stereocenters. The molecular formula is C16H24O2. The van der Waals surface area contributed by atoms with Gasteiger partial charge >= 0.3 is 0 Å². The minimum Gasteiger partial charge on any atom is -0.496 e. The molecule has 2 heteroatoms. The van der Waals surface area contributed by atoms with Crippen LogP contribution in [0.2, 0.25) is 0 Å². The van der Waals surface area contributed by atoms with Crippen molar-refractivity contribution in [2.24, 2.45) is 5.92 Å². The molecule has 1 N–H and O–H groups in total. The summed E-state index contributed by atoms with van der Waals surface area (Å²) in [5.41, 5.74) is 2.60. The van der Waals surface area contributed by atoms with E-state index in [4.69, 9.17) is 4.74 Å². The second-order valence-electron chi connectivity index (χ2n) is 5.66. The summed E-state index contributed by atoms with van der Waals surface area (Å²) in [6.45, 7) is 6.29. The third-order valence-electron chi connectivity index (χ3n) is 4.61. The SMILES string of the molecule is COc1c(C2(O)CCCCC2C)ccc(C)c1C. The number of benzene rings is 1. The van der Waals surface area contributed by atoms with E-state index in [0.29, 0.717) is 5.92 Å². The molecule has 0 aromatic heterocycles. The maximum Gasteiger partial charge on any atom is 0.128 e. The van der Waals surface area contributed by atoms with E-state index in [2.05, 4.69) is 26.8 Å². The number of hydrogen-bond acceptors (Lipinski definition) is 2. The lowest BCUT2D eigenvalue weighted by Crippen LogP contribution is -2.36. The average molecular weight is 248 g/mol. The molecule has 0 spiro atoms. The highest BCUT2D eigenvalue weighted by Crippen LogP contribution is 2.45. The summed E-state index contributed by atoms with van der Waals surface area (Å²) < 4.78 is 5.56. The molecule has 1 saturated carbocycles. The number of methoxy groups -OCH3 is 1. The Bertz CT molecular complexity index is 439. The first-order valence-electron chi connectivity index (χ1n) is 6.87. The minimum atomic E-state index is -0.720. The van der Waals surface area contributed by atoms with Crippen molar-refractivity contribution in [2.45, 2.75) is 52.1 Å². The Balaban J connectivity index is 2.53. The molecule has 0 heterocycles. The van der Waals surface area contributed by atoms with Crippen LogP contribution in [-0.4, -0.2) is 12.2 Å². The fourth-order valence-corrected chi connectivity index (χ4v) is 3.12. The van der Waals surface area contributed by atoms with Crippen molar-refractivity contribution in [3.8, 4) is 5.75 Å². The second-order valence-corrected chi connectivity index (χ2v) is 5.66. The van der Waals surface area contributed by atoms with Crippen LogP contribution in [-0.2, 0) is 5.60 Å². The van der Waals surface area contributed by atoms with E-state index in [1.807, 2.05) is 6.07 Å². The van der Waals surface area contributed by atoms with E-state index < -0.39 is 5.60 Å². The Morgan fingerprint density at radius 1 is 1.28 bits per heavy atom. The Kier molecular flexibility index (Phi) is 3.67. The van der Waals surface area contributed by atoms with E-state index in [-0.39, 0.29) is 0 Å². The van der Waals surface area contributed by atoms with Crippen molar-refractivity contribution < 1.29 is 9.84 Å². The standard InChI is InChI=1S/C16H24O2/c1-11-8-9-14(15(18-4)13(11)3)16(17)10-6-5-7-12(16)2/h8-9,12,17H,5-7,10H2,1-4H3. The lowest BCUT2D eigenvalue weighted by Gasteiger charge is -2.39. The first-order chi connectivity index (χ1) is 8.50. The van der Waals surface area contributed by atoms with Gasteiger partial charge in [0.25, 0.3) is 0 Å². The molecule has 0 bridgehead atoms. The van der Waals surface area contributed by atoms with Crippen molar-refractivity contribution in [3.63, 3.8) is 0 Å². The molecule has 1 aliphatic rings. The number of rotatable bonds is 2. The molecule has 2 rings (SSSR count). The maximum atomic E-state index is 11.1. The molecule has 1 aliphatic carbocycles. The fraction of sp³-hybridized carbons (Fsp3) is 0.625. The van der Waals surface area contributed by atoms with Crippen molar-refractivity contribution in [1.29, 1.82) is 0 Å². The Morgan fingerprint density at radius 2 is 2.00 bits per heavy atom. The second kappa shape index (κ2) is 4.93. The topological polar surface area (TPSA) is 29.5 Å². The molecule has 18 heavy (non-hydrogen) atoms. The van der Waals surface area contributed by atoms with Gasteiger partial charge in [0.15, 0.2) is 0 Å². The van der Waals surface area contributed by atoms with Crippen LogP contribution in [0.4, 0.5) is 0 Å². The summed E-state index contributed by atoms with van der Waals surface area (Å²) in [5, 5.41) is 11.1. The molecule has 100 valence electrons. The van der Waals surface area contributed by atoms with Crippen LogP contribution in [0.3, 0.4) is 0 Å². The van der Waals surface area contributed by atoms with Crippen LogP contribution in [0.25, 0.3) is 0 Å². The highest BCUT2D eigenvalue weighted by atomic mass is 16.5. The maximum absolute atomic E-state index is 11.1. The van der Waals surface area contributed by atoms with Gasteiger partial charge in [-0.1, -0.05) is 31.9 Å². The highest BCUT2D eigenvalue weighted by molar-refractivity contribution is 5.48. The summed E-state index contributed by atoms with van der Waals surface area (Å²) in [6.07, 6.45) is 4.24. The lowest BCUT2D eigenvalue weighted by molar-refractivity contribution is -0.0485. The van der Waals surface area contributed by atoms with E-state index in [1.165, 1.54) is 12.0 Å². The predicted octanol–water partition coefficient (Wildman–Crippen LogP) is 3.71. The summed E-state index contributed by atoms with van der Waals surface area (Å²) in [4.78, 5) is 0. The molecule has 1 fully saturated rings. The van der Waals surface area contributed by atoms with Crippen LogP contribution < -0.4 is 4.74 Å². The molecule has 1 aromatic carbocycles. The fourth-order valence-electron chi connectivity index (χ4n) is 3.12. The number of ether oxygens (including phenoxy) is 1. The number of hydrogen-bond donors (Lipinski definition) is 1. The lowest BCUT2D eigenvalue weighted by atomic mass is 9.71. The first-order valence-corrected chi connectivity index (χ1v) is 6.87. The molecule has 0 radical (unpaired) electrons. The van der Waals surface area contributed by atoms with Gasteiger partial charge in [-0.05, 0) is 43.7 Å². The Labute approximate surface area is 110 Å². The summed E-state index contributed by atoms with van der Waals surface area (Å²) >= 11 is 0. The first kappa shape index (κ1) is 13.4. The van der Waals surface area contributed by atoms with Gasteiger partial charge < -0.3 is 9.84 Å². The average Bonchev–Trinajstić information content (AvgIpc) is 2.36. The van der Waals surface area contributed by atoms with Gasteiger partial charge in [-0.15, -0.1) is 0 Å². The number of aryl methyl sites for hydroxylation is 1. The van der Waals surface area contributed by atoms with Crippen LogP contribution in [0.5, 0.6) is 5.75 Å². The van der Waals surface area contributed by atoms with Gasteiger partial charge in [-0.3, -0.25) is 0 Å². The predicted molar refractivity (Wildman–Crippen MR) is 74.0 cm³/mol. The van der Waals surface area contributed by atoms with Crippen LogP contribution in [0.1, 0.15) is 49.3 Å². The summed E-state index contributed by atoms with van der Waals surface area (Å²) in [7, 11) is 1.70. The zero-order valence-electron chi connectivity index (χ0n) is 11.9. The third kappa shape index (κ3) is 2.03. The molecule has 0 saturated heterocycles. The molecule has 1 aromatic rings. The van der Waals surface area contributed by atoms with Crippen molar-refractivity contribution >= 4 is 0 Å². The molecule has 0 amide bonds. The molecule has 0 aliphatic heterocycles. The normalized spacial score (nSPS) is 28.2. The molecular weight excluding hydrogens is 224 g/mol. The van der Waals surface area contributed by atoms with Gasteiger partial charge in [0.2, 0.25) is 0 Å². The zero-order chi connectivity index (χ0) is 13.3. The smallest absolute Gasteiger partial charge is 0.128 e. The van der Waals surface area contributed by atoms with E-state index in [0.717, 1.165) is 36.1 Å². The quantitative estimate of drug-likeness (QED) is 0.864. The summed E-state index contributed by atoms with van der Waals surface area (Å²) in [5.74, 6) is 1.16. The van der Waals surface area contributed by atoms with Crippen molar-refractivity contribution in [1.82, 2.24) is 0 Å². The Morgan fingerprint density at radius 3 is 2.61 bits per heavy atom. The van der Waals surface area contributed by atoms with Gasteiger partial charge in [-0.2, -0.15) is 0 Å². The zero-order valence-corrected chi connectivity index (χ0v) is 11.9. The van der Waals surface area contributed by atoms with E-state index >= 15 is 0 Å². The van der Waals surface area contributed by atoms with Gasteiger partial charge in [0.1, 0.15) is 5.75 Å². The van der Waals surface area contributed by atoms with Crippen molar-refractivity contribution in [3.05, 3.63) is 28.8 Å². The van der Waals surface area contributed by atoms with Crippen LogP contribution in [0, 0.1) is 19.8 Å². The Hall–Kier alpha value is -1.02. The minimum absolute atomic E-state index is 0.294. The van der Waals surface area contributed by atoms with Gasteiger partial charge in [-0.25, -0.2) is 0 Å².